The minimum atomic E-state index is -1.83. The lowest BCUT2D eigenvalue weighted by Gasteiger charge is -2.25. The molecule has 10 N–H and O–H groups in total. The summed E-state index contributed by atoms with van der Waals surface area (Å²) in [5.41, 5.74) is 10.8. The lowest BCUT2D eigenvalue weighted by Crippen LogP contribution is -2.57. The van der Waals surface area contributed by atoms with Crippen LogP contribution < -0.4 is 27.4 Å². The molecule has 0 spiro atoms. The molecule has 0 aliphatic rings. The minimum absolute atomic E-state index is 0.306. The molecule has 15 heteroatoms. The molecule has 0 radical (unpaired) electrons. The molecule has 15 nitrogen and oxygen atoms in total. The third kappa shape index (κ3) is 11.8. The second kappa shape index (κ2) is 14.4. The molecule has 0 aromatic heterocycles. The van der Waals surface area contributed by atoms with E-state index >= 15 is 0 Å². The van der Waals surface area contributed by atoms with E-state index in [1.807, 2.05) is 5.32 Å². The van der Waals surface area contributed by atoms with Gasteiger partial charge in [-0.05, 0) is 18.8 Å². The molecule has 0 rings (SSSR count). The average molecular weight is 489 g/mol. The van der Waals surface area contributed by atoms with Crippen LogP contribution in [0.1, 0.15) is 46.0 Å². The zero-order chi connectivity index (χ0) is 26.6. The largest absolute Gasteiger partial charge is 0.481 e. The molecule has 0 aromatic carbocycles. The zero-order valence-electron chi connectivity index (χ0n) is 18.8. The van der Waals surface area contributed by atoms with Crippen LogP contribution in [0.5, 0.6) is 0 Å². The van der Waals surface area contributed by atoms with Crippen molar-refractivity contribution >= 4 is 41.5 Å². The molecule has 0 saturated carbocycles. The van der Waals surface area contributed by atoms with Crippen molar-refractivity contribution in [2.75, 3.05) is 0 Å². The van der Waals surface area contributed by atoms with Crippen LogP contribution in [0.3, 0.4) is 0 Å². The highest BCUT2D eigenvalue weighted by atomic mass is 16.4. The lowest BCUT2D eigenvalue weighted by atomic mass is 10.0. The summed E-state index contributed by atoms with van der Waals surface area (Å²) in [4.78, 5) is 81.8. The highest BCUT2D eigenvalue weighted by Crippen LogP contribution is 2.06. The van der Waals surface area contributed by atoms with Crippen LogP contribution in [0.4, 0.5) is 0 Å². The molecule has 192 valence electrons. The average Bonchev–Trinajstić information content (AvgIpc) is 2.71. The molecule has 4 atom stereocenters. The number of carbonyl (C=O) groups is 7. The first-order valence-electron chi connectivity index (χ1n) is 10.3. The zero-order valence-corrected chi connectivity index (χ0v) is 18.8. The Morgan fingerprint density at radius 3 is 1.53 bits per heavy atom. The van der Waals surface area contributed by atoms with Crippen LogP contribution in [0.2, 0.25) is 0 Å². The first-order valence-corrected chi connectivity index (χ1v) is 10.3. The fourth-order valence-electron chi connectivity index (χ4n) is 2.58. The number of amides is 4. The van der Waals surface area contributed by atoms with Crippen LogP contribution in [0.25, 0.3) is 0 Å². The predicted octanol–water partition coefficient (Wildman–Crippen LogP) is -2.89. The molecule has 0 aliphatic heterocycles. The summed E-state index contributed by atoms with van der Waals surface area (Å²) in [6, 6.07) is -5.81. The third-order valence-electron chi connectivity index (χ3n) is 4.61. The molecule has 4 amide bonds. The Morgan fingerprint density at radius 2 is 1.15 bits per heavy atom. The Morgan fingerprint density at radius 1 is 0.706 bits per heavy atom. The van der Waals surface area contributed by atoms with Gasteiger partial charge in [0.25, 0.3) is 0 Å². The second-order valence-corrected chi connectivity index (χ2v) is 7.83. The Bertz CT molecular complexity index is 800. The lowest BCUT2D eigenvalue weighted by molar-refractivity contribution is -0.147. The number of aliphatic carboxylic acids is 3. The number of hydrogen-bond acceptors (Lipinski definition) is 8. The van der Waals surface area contributed by atoms with E-state index in [9.17, 15) is 33.6 Å². The van der Waals surface area contributed by atoms with Gasteiger partial charge in [0, 0.05) is 12.8 Å². The molecule has 0 aromatic rings. The van der Waals surface area contributed by atoms with Crippen LogP contribution >= 0.6 is 0 Å². The van der Waals surface area contributed by atoms with E-state index in [4.69, 9.17) is 26.8 Å². The number of rotatable bonds is 16. The summed E-state index contributed by atoms with van der Waals surface area (Å²) < 4.78 is 0. The van der Waals surface area contributed by atoms with Gasteiger partial charge in [0.1, 0.15) is 18.1 Å². The van der Waals surface area contributed by atoms with Crippen LogP contribution in [0, 0.1) is 5.92 Å². The third-order valence-corrected chi connectivity index (χ3v) is 4.61. The predicted molar refractivity (Wildman–Crippen MR) is 114 cm³/mol. The Hall–Kier alpha value is -3.75. The quantitative estimate of drug-likeness (QED) is 0.109. The van der Waals surface area contributed by atoms with Gasteiger partial charge in [-0.25, -0.2) is 4.79 Å². The Kier molecular flexibility index (Phi) is 12.8. The fraction of sp³-hybridized carbons (Fsp3) is 0.632. The van der Waals surface area contributed by atoms with Crippen LogP contribution in [-0.2, 0) is 33.6 Å². The van der Waals surface area contributed by atoms with Crippen molar-refractivity contribution in [2.24, 2.45) is 17.4 Å². The standard InChI is InChI=1S/C19H31N5O10/c1-8(2)15(21)18(32)23-10(4-6-13(26)27)16(30)22-9(3-5-12(20)25)17(31)24-11(19(33)34)7-14(28)29/h8-11,15H,3-7,21H2,1-2H3,(H2,20,25)(H,22,30)(H,23,32)(H,24,31)(H,26,27)(H,28,29)(H,33,34)/t9-,10-,11-,15-/m0/s1. The maximum Gasteiger partial charge on any atom is 0.326 e. The van der Waals surface area contributed by atoms with Crippen molar-refractivity contribution in [3.63, 3.8) is 0 Å². The van der Waals surface area contributed by atoms with E-state index in [1.54, 1.807) is 13.8 Å². The summed E-state index contributed by atoms with van der Waals surface area (Å²) in [5.74, 6) is -8.43. The van der Waals surface area contributed by atoms with E-state index in [2.05, 4.69) is 10.6 Å². The number of nitrogens with one attached hydrogen (secondary N) is 3. The van der Waals surface area contributed by atoms with Crippen molar-refractivity contribution < 1.29 is 48.9 Å². The monoisotopic (exact) mass is 489 g/mol. The van der Waals surface area contributed by atoms with Crippen LogP contribution in [-0.4, -0.2) is 81.0 Å². The number of hydrogen-bond donors (Lipinski definition) is 8. The first kappa shape index (κ1) is 30.2. The highest BCUT2D eigenvalue weighted by molar-refractivity contribution is 5.95. The second-order valence-electron chi connectivity index (χ2n) is 7.83. The highest BCUT2D eigenvalue weighted by Gasteiger charge is 2.31. The summed E-state index contributed by atoms with van der Waals surface area (Å²) in [6.07, 6.45) is -2.62. The minimum Gasteiger partial charge on any atom is -0.481 e. The van der Waals surface area contributed by atoms with Gasteiger partial charge in [0.2, 0.25) is 23.6 Å². The molecular weight excluding hydrogens is 458 g/mol. The molecule has 0 bridgehead atoms. The van der Waals surface area contributed by atoms with Crippen molar-refractivity contribution in [1.29, 1.82) is 0 Å². The van der Waals surface area contributed by atoms with Crippen molar-refractivity contribution in [3.8, 4) is 0 Å². The molecular formula is C19H31N5O10. The molecule has 34 heavy (non-hydrogen) atoms. The van der Waals surface area contributed by atoms with Crippen molar-refractivity contribution in [1.82, 2.24) is 16.0 Å². The maximum atomic E-state index is 12.8. The van der Waals surface area contributed by atoms with Crippen molar-refractivity contribution in [2.45, 2.75) is 70.1 Å². The van der Waals surface area contributed by atoms with Gasteiger partial charge in [-0.2, -0.15) is 0 Å². The number of primary amides is 1. The van der Waals surface area contributed by atoms with E-state index in [0.717, 1.165) is 0 Å². The van der Waals surface area contributed by atoms with Crippen molar-refractivity contribution in [3.05, 3.63) is 0 Å². The molecule has 0 unspecified atom stereocenters. The first-order chi connectivity index (χ1) is 15.6. The Balaban J connectivity index is 5.66. The number of carbonyl (C=O) groups excluding carboxylic acids is 4. The summed E-state index contributed by atoms with van der Waals surface area (Å²) in [7, 11) is 0. The van der Waals surface area contributed by atoms with Gasteiger partial charge < -0.3 is 42.7 Å². The van der Waals surface area contributed by atoms with Gasteiger partial charge in [0.15, 0.2) is 0 Å². The summed E-state index contributed by atoms with van der Waals surface area (Å²) >= 11 is 0. The van der Waals surface area contributed by atoms with E-state index in [0.29, 0.717) is 0 Å². The smallest absolute Gasteiger partial charge is 0.326 e. The number of nitrogens with two attached hydrogens (primary N) is 2. The van der Waals surface area contributed by atoms with E-state index < -0.39 is 85.0 Å². The molecule has 0 aliphatic carbocycles. The number of carboxylic acids is 3. The molecule has 0 heterocycles. The van der Waals surface area contributed by atoms with E-state index in [-0.39, 0.29) is 18.8 Å². The maximum absolute atomic E-state index is 12.8. The summed E-state index contributed by atoms with van der Waals surface area (Å²) in [5, 5.41) is 33.3. The topological polar surface area (TPSA) is 268 Å². The molecule has 0 saturated heterocycles. The van der Waals surface area contributed by atoms with Crippen LogP contribution in [0.15, 0.2) is 0 Å². The number of carboxylic acid groups (broad SMARTS) is 3. The summed E-state index contributed by atoms with van der Waals surface area (Å²) in [6.45, 7) is 3.30. The van der Waals surface area contributed by atoms with Gasteiger partial charge >= 0.3 is 17.9 Å². The fourth-order valence-corrected chi connectivity index (χ4v) is 2.58. The van der Waals surface area contributed by atoms with Gasteiger partial charge in [0.05, 0.1) is 12.5 Å². The van der Waals surface area contributed by atoms with Gasteiger partial charge in [-0.15, -0.1) is 0 Å². The van der Waals surface area contributed by atoms with Gasteiger partial charge in [-0.1, -0.05) is 13.8 Å². The molecule has 0 fully saturated rings. The Labute approximate surface area is 194 Å². The normalized spacial score (nSPS) is 14.2. The van der Waals surface area contributed by atoms with E-state index in [1.165, 1.54) is 0 Å². The van der Waals surface area contributed by atoms with Gasteiger partial charge in [-0.3, -0.25) is 28.8 Å². The SMILES string of the molecule is CC(C)[C@H](N)C(=O)N[C@@H](CCC(=O)O)C(=O)N[C@@H](CCC(N)=O)C(=O)N[C@@H](CC(=O)O)C(=O)O.